The molecule has 0 spiro atoms. The van der Waals surface area contributed by atoms with E-state index in [4.69, 9.17) is 9.84 Å². The summed E-state index contributed by atoms with van der Waals surface area (Å²) in [4.78, 5) is 0. The summed E-state index contributed by atoms with van der Waals surface area (Å²) in [5.74, 6) is 6.34. The summed E-state index contributed by atoms with van der Waals surface area (Å²) in [6, 6.07) is 7.67. The molecule has 0 unspecified atom stereocenters. The second-order valence-electron chi connectivity index (χ2n) is 3.90. The van der Waals surface area contributed by atoms with Crippen LogP contribution in [0.4, 0.5) is 0 Å². The minimum Gasteiger partial charge on any atom is -0.494 e. The number of rotatable bonds is 6. The van der Waals surface area contributed by atoms with Crippen LogP contribution in [0.25, 0.3) is 0 Å². The summed E-state index contributed by atoms with van der Waals surface area (Å²) in [5, 5.41) is 8.62. The van der Waals surface area contributed by atoms with E-state index in [0.29, 0.717) is 0 Å². The Morgan fingerprint density at radius 1 is 1.24 bits per heavy atom. The van der Waals surface area contributed by atoms with Crippen molar-refractivity contribution in [1.29, 1.82) is 0 Å². The molecule has 1 N–H and O–H groups in total. The van der Waals surface area contributed by atoms with Gasteiger partial charge in [-0.25, -0.2) is 0 Å². The van der Waals surface area contributed by atoms with Crippen molar-refractivity contribution >= 4 is 0 Å². The summed E-state index contributed by atoms with van der Waals surface area (Å²) < 4.78 is 5.64. The van der Waals surface area contributed by atoms with E-state index in [9.17, 15) is 0 Å². The highest BCUT2D eigenvalue weighted by molar-refractivity contribution is 5.39. The molecule has 1 aromatic rings. The SMILES string of the molecule is CCCCCCOc1cccc(C#CCO)c1. The zero-order valence-corrected chi connectivity index (χ0v) is 10.4. The molecule has 0 saturated carbocycles. The lowest BCUT2D eigenvalue weighted by Crippen LogP contribution is -1.97. The van der Waals surface area contributed by atoms with Crippen LogP contribution < -0.4 is 4.74 Å². The van der Waals surface area contributed by atoms with Gasteiger partial charge in [0.15, 0.2) is 0 Å². The number of hydrogen-bond donors (Lipinski definition) is 1. The Labute approximate surface area is 104 Å². The van der Waals surface area contributed by atoms with Gasteiger partial charge in [0.2, 0.25) is 0 Å². The molecular formula is C15H20O2. The van der Waals surface area contributed by atoms with Crippen molar-refractivity contribution in [3.05, 3.63) is 29.8 Å². The highest BCUT2D eigenvalue weighted by atomic mass is 16.5. The Bertz CT molecular complexity index is 374. The summed E-state index contributed by atoms with van der Waals surface area (Å²) in [6.45, 7) is 2.85. The zero-order chi connectivity index (χ0) is 12.3. The molecule has 2 heteroatoms. The third-order valence-corrected chi connectivity index (χ3v) is 2.41. The first-order valence-corrected chi connectivity index (χ1v) is 6.19. The van der Waals surface area contributed by atoms with Crippen molar-refractivity contribution in [3.8, 4) is 17.6 Å². The van der Waals surface area contributed by atoms with Gasteiger partial charge >= 0.3 is 0 Å². The van der Waals surface area contributed by atoms with Crippen molar-refractivity contribution in [3.63, 3.8) is 0 Å². The third kappa shape index (κ3) is 5.99. The van der Waals surface area contributed by atoms with Gasteiger partial charge in [0.1, 0.15) is 12.4 Å². The third-order valence-electron chi connectivity index (χ3n) is 2.41. The van der Waals surface area contributed by atoms with E-state index >= 15 is 0 Å². The molecule has 1 aromatic carbocycles. The Morgan fingerprint density at radius 2 is 2.12 bits per heavy atom. The van der Waals surface area contributed by atoms with Crippen molar-refractivity contribution in [2.45, 2.75) is 32.6 Å². The largest absolute Gasteiger partial charge is 0.494 e. The molecule has 2 nitrogen and oxygen atoms in total. The van der Waals surface area contributed by atoms with E-state index < -0.39 is 0 Å². The van der Waals surface area contributed by atoms with E-state index in [1.165, 1.54) is 19.3 Å². The lowest BCUT2D eigenvalue weighted by molar-refractivity contribution is 0.305. The average molecular weight is 232 g/mol. The molecule has 0 aromatic heterocycles. The van der Waals surface area contributed by atoms with Crippen molar-refractivity contribution in [1.82, 2.24) is 0 Å². The van der Waals surface area contributed by atoms with Gasteiger partial charge in [-0.05, 0) is 24.6 Å². The molecule has 0 radical (unpaired) electrons. The highest BCUT2D eigenvalue weighted by Crippen LogP contribution is 2.13. The van der Waals surface area contributed by atoms with E-state index in [1.807, 2.05) is 24.3 Å². The van der Waals surface area contributed by atoms with Gasteiger partial charge in [-0.3, -0.25) is 0 Å². The van der Waals surface area contributed by atoms with Gasteiger partial charge < -0.3 is 9.84 Å². The van der Waals surface area contributed by atoms with Gasteiger partial charge in [-0.2, -0.15) is 0 Å². The van der Waals surface area contributed by atoms with E-state index in [1.54, 1.807) is 0 Å². The van der Waals surface area contributed by atoms with Crippen LogP contribution in [0.3, 0.4) is 0 Å². The monoisotopic (exact) mass is 232 g/mol. The van der Waals surface area contributed by atoms with Crippen molar-refractivity contribution in [2.75, 3.05) is 13.2 Å². The molecule has 0 fully saturated rings. The Hall–Kier alpha value is -1.46. The first kappa shape index (κ1) is 13.6. The van der Waals surface area contributed by atoms with Crippen molar-refractivity contribution < 1.29 is 9.84 Å². The first-order valence-electron chi connectivity index (χ1n) is 6.19. The van der Waals surface area contributed by atoms with Crippen LogP contribution in [0, 0.1) is 11.8 Å². The molecule has 0 aliphatic rings. The summed E-state index contributed by atoms with van der Waals surface area (Å²) >= 11 is 0. The molecule has 1 rings (SSSR count). The second-order valence-corrected chi connectivity index (χ2v) is 3.90. The lowest BCUT2D eigenvalue weighted by atomic mass is 10.2. The zero-order valence-electron chi connectivity index (χ0n) is 10.4. The van der Waals surface area contributed by atoms with Crippen LogP contribution in [-0.4, -0.2) is 18.3 Å². The summed E-state index contributed by atoms with van der Waals surface area (Å²) in [7, 11) is 0. The molecule has 0 bridgehead atoms. The fourth-order valence-electron chi connectivity index (χ4n) is 1.52. The minimum absolute atomic E-state index is 0.109. The van der Waals surface area contributed by atoms with Crippen LogP contribution in [-0.2, 0) is 0 Å². The smallest absolute Gasteiger partial charge is 0.120 e. The standard InChI is InChI=1S/C15H20O2/c1-2-3-4-5-12-17-15-10-6-8-14(13-15)9-7-11-16/h6,8,10,13,16H,2-5,11-12H2,1H3. The normalized spacial score (nSPS) is 9.53. The fourth-order valence-corrected chi connectivity index (χ4v) is 1.52. The van der Waals surface area contributed by atoms with Crippen LogP contribution in [0.1, 0.15) is 38.2 Å². The van der Waals surface area contributed by atoms with Gasteiger partial charge in [0, 0.05) is 5.56 Å². The van der Waals surface area contributed by atoms with Gasteiger partial charge in [0.25, 0.3) is 0 Å². The van der Waals surface area contributed by atoms with Crippen LogP contribution in [0.5, 0.6) is 5.75 Å². The number of aliphatic hydroxyl groups excluding tert-OH is 1. The van der Waals surface area contributed by atoms with Gasteiger partial charge in [-0.15, -0.1) is 0 Å². The summed E-state index contributed by atoms with van der Waals surface area (Å²) in [6.07, 6.45) is 4.83. The predicted octanol–water partition coefficient (Wildman–Crippen LogP) is 2.99. The minimum atomic E-state index is -0.109. The number of ether oxygens (including phenoxy) is 1. The Morgan fingerprint density at radius 3 is 2.88 bits per heavy atom. The van der Waals surface area contributed by atoms with Gasteiger partial charge in [-0.1, -0.05) is 44.1 Å². The molecule has 0 saturated heterocycles. The predicted molar refractivity (Wildman–Crippen MR) is 70.0 cm³/mol. The summed E-state index contributed by atoms with van der Waals surface area (Å²) in [5.41, 5.74) is 0.880. The van der Waals surface area contributed by atoms with E-state index in [2.05, 4.69) is 18.8 Å². The van der Waals surface area contributed by atoms with E-state index in [0.717, 1.165) is 24.3 Å². The lowest BCUT2D eigenvalue weighted by Gasteiger charge is -2.05. The number of unbranched alkanes of at least 4 members (excludes halogenated alkanes) is 3. The molecule has 0 aliphatic carbocycles. The first-order chi connectivity index (χ1) is 8.36. The molecule has 17 heavy (non-hydrogen) atoms. The Kier molecular flexibility index (Phi) is 6.93. The molecular weight excluding hydrogens is 212 g/mol. The maximum absolute atomic E-state index is 8.62. The number of hydrogen-bond acceptors (Lipinski definition) is 2. The van der Waals surface area contributed by atoms with Crippen LogP contribution in [0.15, 0.2) is 24.3 Å². The van der Waals surface area contributed by atoms with Crippen molar-refractivity contribution in [2.24, 2.45) is 0 Å². The Balaban J connectivity index is 2.38. The number of aliphatic hydroxyl groups is 1. The molecule has 0 atom stereocenters. The average Bonchev–Trinajstić information content (AvgIpc) is 2.37. The number of benzene rings is 1. The van der Waals surface area contributed by atoms with Gasteiger partial charge in [0.05, 0.1) is 6.61 Å². The second kappa shape index (κ2) is 8.66. The molecule has 0 amide bonds. The molecule has 0 heterocycles. The topological polar surface area (TPSA) is 29.5 Å². The van der Waals surface area contributed by atoms with Crippen LogP contribution in [0.2, 0.25) is 0 Å². The van der Waals surface area contributed by atoms with E-state index in [-0.39, 0.29) is 6.61 Å². The molecule has 92 valence electrons. The quantitative estimate of drug-likeness (QED) is 0.603. The maximum atomic E-state index is 8.62. The molecule has 0 aliphatic heterocycles. The maximum Gasteiger partial charge on any atom is 0.120 e. The fraction of sp³-hybridized carbons (Fsp3) is 0.467. The van der Waals surface area contributed by atoms with Crippen LogP contribution >= 0.6 is 0 Å². The highest BCUT2D eigenvalue weighted by Gasteiger charge is 1.95.